The molecule has 0 aliphatic heterocycles. The number of carbonyl (C=O) groups excluding carboxylic acids is 1. The van der Waals surface area contributed by atoms with Crippen LogP contribution in [-0.4, -0.2) is 50.2 Å². The summed E-state index contributed by atoms with van der Waals surface area (Å²) in [6.45, 7) is 23.2. The summed E-state index contributed by atoms with van der Waals surface area (Å²) in [5, 5.41) is 0. The molecule has 0 saturated carbocycles. The number of ether oxygens (including phenoxy) is 4. The van der Waals surface area contributed by atoms with Crippen LogP contribution in [0.5, 0.6) is 0 Å². The molecular weight excluding hydrogens is 753 g/mol. The second-order valence-corrected chi connectivity index (χ2v) is 21.8. The molecule has 0 bridgehead atoms. The maximum atomic E-state index is 13.8. The maximum Gasteiger partial charge on any atom is 0.312 e. The molecule has 5 nitrogen and oxygen atoms in total. The summed E-state index contributed by atoms with van der Waals surface area (Å²) in [5.74, 6) is -0.132. The van der Waals surface area contributed by atoms with E-state index in [-0.39, 0.29) is 28.7 Å². The SMILES string of the molecule is CCCCCCCCCCCCCCCCCCCC(COC(=O)C(C)(C)C(C)(C)CC(C)(C)OCCC(C)(C)OC)OCCCCCCCCCCCCCCCCCC. The number of esters is 1. The van der Waals surface area contributed by atoms with Crippen LogP contribution in [0.4, 0.5) is 0 Å². The molecule has 0 heterocycles. The normalized spacial score (nSPS) is 13.3. The molecule has 0 aromatic carbocycles. The Balaban J connectivity index is 4.67. The minimum atomic E-state index is -0.675. The lowest BCUT2D eigenvalue weighted by atomic mass is 9.63. The first-order chi connectivity index (χ1) is 29.1. The first kappa shape index (κ1) is 60.4. The van der Waals surface area contributed by atoms with Gasteiger partial charge in [-0.3, -0.25) is 4.79 Å². The van der Waals surface area contributed by atoms with Crippen LogP contribution in [0.15, 0.2) is 0 Å². The fourth-order valence-electron chi connectivity index (χ4n) is 8.85. The predicted molar refractivity (Wildman–Crippen MR) is 267 cm³/mol. The molecule has 0 aliphatic rings. The lowest BCUT2D eigenvalue weighted by Crippen LogP contribution is -2.46. The zero-order valence-corrected chi connectivity index (χ0v) is 43.7. The summed E-state index contributed by atoms with van der Waals surface area (Å²) in [5.41, 5.74) is -1.60. The third-order valence-electron chi connectivity index (χ3n) is 14.2. The third-order valence-corrected chi connectivity index (χ3v) is 14.2. The maximum absolute atomic E-state index is 13.8. The second-order valence-electron chi connectivity index (χ2n) is 21.8. The molecule has 0 spiro atoms. The van der Waals surface area contributed by atoms with Gasteiger partial charge in [0.1, 0.15) is 6.61 Å². The van der Waals surface area contributed by atoms with Crippen molar-refractivity contribution in [2.45, 2.75) is 318 Å². The molecule has 0 fully saturated rings. The van der Waals surface area contributed by atoms with E-state index in [9.17, 15) is 4.79 Å². The average molecular weight is 866 g/mol. The zero-order chi connectivity index (χ0) is 45.6. The fourth-order valence-corrected chi connectivity index (χ4v) is 8.85. The van der Waals surface area contributed by atoms with E-state index in [0.717, 1.165) is 38.7 Å². The van der Waals surface area contributed by atoms with Gasteiger partial charge in [-0.05, 0) is 72.6 Å². The van der Waals surface area contributed by atoms with E-state index >= 15 is 0 Å². The van der Waals surface area contributed by atoms with Gasteiger partial charge >= 0.3 is 5.97 Å². The first-order valence-corrected chi connectivity index (χ1v) is 27.1. The smallest absolute Gasteiger partial charge is 0.312 e. The summed E-state index contributed by atoms with van der Waals surface area (Å²) >= 11 is 0. The van der Waals surface area contributed by atoms with Gasteiger partial charge in [-0.2, -0.15) is 0 Å². The molecule has 61 heavy (non-hydrogen) atoms. The van der Waals surface area contributed by atoms with Crippen molar-refractivity contribution >= 4 is 5.97 Å². The lowest BCUT2D eigenvalue weighted by molar-refractivity contribution is -0.169. The monoisotopic (exact) mass is 865 g/mol. The third kappa shape index (κ3) is 35.3. The molecule has 0 aliphatic carbocycles. The van der Waals surface area contributed by atoms with Crippen LogP contribution >= 0.6 is 0 Å². The molecular formula is C56H112O5. The van der Waals surface area contributed by atoms with Crippen molar-refractivity contribution in [2.75, 3.05) is 26.9 Å². The summed E-state index contributed by atoms with van der Waals surface area (Å²) in [4.78, 5) is 13.8. The summed E-state index contributed by atoms with van der Waals surface area (Å²) < 4.78 is 24.6. The molecule has 0 saturated heterocycles. The predicted octanol–water partition coefficient (Wildman–Crippen LogP) is 18.3. The number of methoxy groups -OCH3 is 1. The molecule has 366 valence electrons. The number of hydrogen-bond donors (Lipinski definition) is 0. The van der Waals surface area contributed by atoms with Crippen molar-refractivity contribution < 1.29 is 23.7 Å². The van der Waals surface area contributed by atoms with Gasteiger partial charge in [0, 0.05) is 13.7 Å². The Morgan fingerprint density at radius 1 is 0.443 bits per heavy atom. The highest BCUT2D eigenvalue weighted by atomic mass is 16.6. The van der Waals surface area contributed by atoms with Gasteiger partial charge in [-0.25, -0.2) is 0 Å². The zero-order valence-electron chi connectivity index (χ0n) is 43.7. The van der Waals surface area contributed by atoms with Gasteiger partial charge < -0.3 is 18.9 Å². The molecule has 0 aromatic heterocycles. The number of unbranched alkanes of at least 4 members (excludes halogenated alkanes) is 31. The highest BCUT2D eigenvalue weighted by Crippen LogP contribution is 2.46. The van der Waals surface area contributed by atoms with Gasteiger partial charge in [-0.15, -0.1) is 0 Å². The van der Waals surface area contributed by atoms with E-state index in [2.05, 4.69) is 55.4 Å². The van der Waals surface area contributed by atoms with Crippen LogP contribution in [0.25, 0.3) is 0 Å². The Hall–Kier alpha value is -0.650. The molecule has 0 amide bonds. The summed E-state index contributed by atoms with van der Waals surface area (Å²) in [7, 11) is 1.75. The van der Waals surface area contributed by atoms with Crippen molar-refractivity contribution in [3.05, 3.63) is 0 Å². The first-order valence-electron chi connectivity index (χ1n) is 27.1. The van der Waals surface area contributed by atoms with Gasteiger partial charge in [0.25, 0.3) is 0 Å². The molecule has 0 aromatic rings. The fraction of sp³-hybridized carbons (Fsp3) is 0.982. The van der Waals surface area contributed by atoms with Crippen molar-refractivity contribution in [2.24, 2.45) is 10.8 Å². The van der Waals surface area contributed by atoms with E-state index in [1.807, 2.05) is 13.8 Å². The number of rotatable bonds is 47. The Kier molecular flexibility index (Phi) is 38.2. The summed E-state index contributed by atoms with van der Waals surface area (Å²) in [6, 6.07) is 0. The second kappa shape index (κ2) is 38.6. The minimum Gasteiger partial charge on any atom is -0.463 e. The van der Waals surface area contributed by atoms with Crippen LogP contribution < -0.4 is 0 Å². The van der Waals surface area contributed by atoms with Crippen LogP contribution in [0.3, 0.4) is 0 Å². The molecule has 0 radical (unpaired) electrons. The minimum absolute atomic E-state index is 0.0283. The van der Waals surface area contributed by atoms with Crippen LogP contribution in [0, 0.1) is 10.8 Å². The van der Waals surface area contributed by atoms with Crippen LogP contribution in [0.1, 0.15) is 300 Å². The van der Waals surface area contributed by atoms with Crippen LogP contribution in [0.2, 0.25) is 0 Å². The van der Waals surface area contributed by atoms with Gasteiger partial charge in [0.05, 0.1) is 29.3 Å². The molecule has 1 atom stereocenters. The van der Waals surface area contributed by atoms with Crippen molar-refractivity contribution in [3.8, 4) is 0 Å². The van der Waals surface area contributed by atoms with Crippen molar-refractivity contribution in [1.82, 2.24) is 0 Å². The van der Waals surface area contributed by atoms with Gasteiger partial charge in [0.2, 0.25) is 0 Å². The lowest BCUT2D eigenvalue weighted by Gasteiger charge is -2.44. The summed E-state index contributed by atoms with van der Waals surface area (Å²) in [6.07, 6.45) is 47.8. The molecule has 0 N–H and O–H groups in total. The largest absolute Gasteiger partial charge is 0.463 e. The molecule has 5 heteroatoms. The van der Waals surface area contributed by atoms with Gasteiger partial charge in [-0.1, -0.05) is 233 Å². The highest BCUT2D eigenvalue weighted by molar-refractivity contribution is 5.77. The molecule has 1 unspecified atom stereocenters. The van der Waals surface area contributed by atoms with Crippen molar-refractivity contribution in [3.63, 3.8) is 0 Å². The van der Waals surface area contributed by atoms with Crippen LogP contribution in [-0.2, 0) is 23.7 Å². The van der Waals surface area contributed by atoms with E-state index in [1.54, 1.807) is 7.11 Å². The highest BCUT2D eigenvalue weighted by Gasteiger charge is 2.47. The Morgan fingerprint density at radius 2 is 0.787 bits per heavy atom. The van der Waals surface area contributed by atoms with Gasteiger partial charge in [0.15, 0.2) is 0 Å². The Bertz CT molecular complexity index is 917. The topological polar surface area (TPSA) is 54.0 Å². The number of hydrogen-bond acceptors (Lipinski definition) is 5. The molecule has 0 rings (SSSR count). The number of carbonyl (C=O) groups is 1. The van der Waals surface area contributed by atoms with E-state index in [1.165, 1.54) is 199 Å². The van der Waals surface area contributed by atoms with E-state index in [0.29, 0.717) is 13.2 Å². The van der Waals surface area contributed by atoms with Crippen molar-refractivity contribution in [1.29, 1.82) is 0 Å². The van der Waals surface area contributed by atoms with E-state index in [4.69, 9.17) is 18.9 Å². The Labute approximate surface area is 383 Å². The average Bonchev–Trinajstić information content (AvgIpc) is 3.21. The van der Waals surface area contributed by atoms with E-state index < -0.39 is 5.41 Å². The quantitative estimate of drug-likeness (QED) is 0.0451. The standard InChI is InChI=1S/C56H112O5/c1-12-14-16-18-20-22-24-26-28-30-31-33-35-37-39-41-43-45-51(59-47-44-42-40-38-36-34-32-29-27-25-23-21-19-17-15-13-2)49-60-52(57)56(9,10)53(3,4)50-55(7,8)61-48-46-54(5,6)58-11/h51H,12-50H2,1-11H3. The Morgan fingerprint density at radius 3 is 1.15 bits per heavy atom.